The van der Waals surface area contributed by atoms with E-state index in [1.165, 1.54) is 6.66 Å². The highest BCUT2D eigenvalue weighted by atomic mass is 31.3. The molecule has 8 heteroatoms. The van der Waals surface area contributed by atoms with Crippen molar-refractivity contribution >= 4 is 16.2 Å². The van der Waals surface area contributed by atoms with Gasteiger partial charge in [-0.3, -0.25) is 4.52 Å². The van der Waals surface area contributed by atoms with Gasteiger partial charge in [0.2, 0.25) is 0 Å². The van der Waals surface area contributed by atoms with Crippen molar-refractivity contribution in [2.75, 3.05) is 19.8 Å². The zero-order valence-corrected chi connectivity index (χ0v) is 7.79. The molecule has 0 spiro atoms. The first-order chi connectivity index (χ1) is 4.98. The molecule has 0 saturated carbocycles. The summed E-state index contributed by atoms with van der Waals surface area (Å²) in [6.07, 6.45) is 0. The van der Waals surface area contributed by atoms with Crippen LogP contribution in [-0.4, -0.2) is 29.6 Å². The maximum Gasteiger partial charge on any atom is 0.477 e. The van der Waals surface area contributed by atoms with Crippen LogP contribution in [0.2, 0.25) is 0 Å². The predicted molar refractivity (Wildman–Crippen MR) is 41.0 cm³/mol. The Morgan fingerprint density at radius 3 is 2.64 bits per heavy atom. The molecule has 6 nitrogen and oxygen atoms in total. The molecule has 0 aliphatic heterocycles. The third-order valence-electron chi connectivity index (χ3n) is 0.594. The second kappa shape index (κ2) is 5.17. The molecular formula is C3H11NO5P2. The minimum absolute atomic E-state index is 0.0725. The van der Waals surface area contributed by atoms with E-state index in [4.69, 9.17) is 15.5 Å². The van der Waals surface area contributed by atoms with Gasteiger partial charge >= 0.3 is 7.82 Å². The Balaban J connectivity index is 3.71. The largest absolute Gasteiger partial charge is 0.477 e. The second-order valence-electron chi connectivity index (χ2n) is 1.64. The van der Waals surface area contributed by atoms with Crippen LogP contribution < -0.4 is 5.73 Å². The summed E-state index contributed by atoms with van der Waals surface area (Å²) >= 11 is 0. The molecule has 68 valence electrons. The first-order valence-electron chi connectivity index (χ1n) is 2.77. The molecule has 0 rings (SSSR count). The van der Waals surface area contributed by atoms with Gasteiger partial charge in [-0.2, -0.15) is 0 Å². The van der Waals surface area contributed by atoms with Crippen LogP contribution in [0.5, 0.6) is 0 Å². The van der Waals surface area contributed by atoms with E-state index < -0.39 is 16.2 Å². The highest BCUT2D eigenvalue weighted by Crippen LogP contribution is 2.53. The molecule has 2 unspecified atom stereocenters. The van der Waals surface area contributed by atoms with Crippen LogP contribution in [0.25, 0.3) is 0 Å². The summed E-state index contributed by atoms with van der Waals surface area (Å²) in [5.41, 5.74) is 5.00. The third-order valence-corrected chi connectivity index (χ3v) is 2.87. The second-order valence-corrected chi connectivity index (χ2v) is 4.41. The zero-order valence-electron chi connectivity index (χ0n) is 6.01. The van der Waals surface area contributed by atoms with Gasteiger partial charge in [0.1, 0.15) is 0 Å². The van der Waals surface area contributed by atoms with Crippen molar-refractivity contribution in [3.8, 4) is 0 Å². The van der Waals surface area contributed by atoms with Crippen LogP contribution in [0, 0.1) is 0 Å². The van der Waals surface area contributed by atoms with Gasteiger partial charge in [0.15, 0.2) is 8.38 Å². The SMILES string of the molecule is CP(O)OP(=O)(O)OCCN. The molecular weight excluding hydrogens is 192 g/mol. The van der Waals surface area contributed by atoms with E-state index in [1.807, 2.05) is 0 Å². The van der Waals surface area contributed by atoms with Crippen molar-refractivity contribution in [1.29, 1.82) is 0 Å². The van der Waals surface area contributed by atoms with Crippen molar-refractivity contribution in [3.63, 3.8) is 0 Å². The molecule has 0 aliphatic carbocycles. The molecule has 0 aromatic heterocycles. The van der Waals surface area contributed by atoms with Gasteiger partial charge < -0.3 is 15.5 Å². The fourth-order valence-electron chi connectivity index (χ4n) is 0.341. The smallest absolute Gasteiger partial charge is 0.350 e. The number of nitrogens with two attached hydrogens (primary N) is 1. The van der Waals surface area contributed by atoms with Crippen LogP contribution >= 0.6 is 16.2 Å². The van der Waals surface area contributed by atoms with E-state index in [9.17, 15) is 4.57 Å². The maximum atomic E-state index is 10.7. The average Bonchev–Trinajstić information content (AvgIpc) is 1.81. The van der Waals surface area contributed by atoms with Gasteiger partial charge in [0.05, 0.1) is 6.61 Å². The number of phosphoric ester groups is 1. The van der Waals surface area contributed by atoms with Crippen molar-refractivity contribution < 1.29 is 23.2 Å². The lowest BCUT2D eigenvalue weighted by atomic mass is 10.8. The summed E-state index contributed by atoms with van der Waals surface area (Å²) in [7, 11) is -5.95. The fourth-order valence-corrected chi connectivity index (χ4v) is 2.06. The molecule has 0 amide bonds. The third kappa shape index (κ3) is 6.84. The first-order valence-corrected chi connectivity index (χ1v) is 5.93. The van der Waals surface area contributed by atoms with Crippen molar-refractivity contribution in [3.05, 3.63) is 0 Å². The van der Waals surface area contributed by atoms with Gasteiger partial charge in [-0.15, -0.1) is 0 Å². The molecule has 0 radical (unpaired) electrons. The summed E-state index contributed by atoms with van der Waals surface area (Å²) in [6.45, 7) is 1.32. The minimum atomic E-state index is -4.07. The van der Waals surface area contributed by atoms with E-state index in [-0.39, 0.29) is 13.2 Å². The highest BCUT2D eigenvalue weighted by Gasteiger charge is 2.23. The van der Waals surface area contributed by atoms with Crippen LogP contribution in [-0.2, 0) is 13.4 Å². The Morgan fingerprint density at radius 2 is 2.27 bits per heavy atom. The van der Waals surface area contributed by atoms with Crippen molar-refractivity contribution in [2.24, 2.45) is 5.73 Å². The van der Waals surface area contributed by atoms with Crippen LogP contribution in [0.15, 0.2) is 0 Å². The number of hydrogen-bond donors (Lipinski definition) is 3. The van der Waals surface area contributed by atoms with E-state index in [2.05, 4.69) is 8.83 Å². The van der Waals surface area contributed by atoms with Crippen molar-refractivity contribution in [2.45, 2.75) is 0 Å². The van der Waals surface area contributed by atoms with Gasteiger partial charge in [0.25, 0.3) is 0 Å². The lowest BCUT2D eigenvalue weighted by Crippen LogP contribution is -2.07. The quantitative estimate of drug-likeness (QED) is 0.544. The Labute approximate surface area is 65.8 Å². The molecule has 2 atom stereocenters. The Morgan fingerprint density at radius 1 is 1.73 bits per heavy atom. The Hall–Kier alpha value is 0.460. The molecule has 0 aromatic carbocycles. The molecule has 11 heavy (non-hydrogen) atoms. The standard InChI is InChI=1S/C3H11NO5P2/c1-10(5)9-11(6,7)8-3-2-4/h5H,2-4H2,1H3,(H,6,7). The average molecular weight is 203 g/mol. The molecule has 0 aromatic rings. The molecule has 0 heterocycles. The Kier molecular flexibility index (Phi) is 5.38. The molecule has 0 aliphatic rings. The number of rotatable bonds is 5. The van der Waals surface area contributed by atoms with Crippen LogP contribution in [0.1, 0.15) is 0 Å². The van der Waals surface area contributed by atoms with E-state index in [1.54, 1.807) is 0 Å². The summed E-state index contributed by atoms with van der Waals surface area (Å²) in [5, 5.41) is 0. The van der Waals surface area contributed by atoms with Gasteiger partial charge in [-0.1, -0.05) is 0 Å². The lowest BCUT2D eigenvalue weighted by Gasteiger charge is -2.11. The summed E-state index contributed by atoms with van der Waals surface area (Å²) < 4.78 is 19.2. The van der Waals surface area contributed by atoms with E-state index >= 15 is 0 Å². The monoisotopic (exact) mass is 203 g/mol. The van der Waals surface area contributed by atoms with Crippen LogP contribution in [0.4, 0.5) is 0 Å². The maximum absolute atomic E-state index is 10.7. The summed E-state index contributed by atoms with van der Waals surface area (Å²) in [4.78, 5) is 17.3. The fraction of sp³-hybridized carbons (Fsp3) is 1.00. The number of hydrogen-bond acceptors (Lipinski definition) is 5. The normalized spacial score (nSPS) is 19.3. The van der Waals surface area contributed by atoms with Crippen LogP contribution in [0.3, 0.4) is 0 Å². The van der Waals surface area contributed by atoms with Gasteiger partial charge in [0, 0.05) is 13.2 Å². The highest BCUT2D eigenvalue weighted by molar-refractivity contribution is 7.60. The van der Waals surface area contributed by atoms with E-state index in [0.717, 1.165) is 0 Å². The summed E-state index contributed by atoms with van der Waals surface area (Å²) in [6, 6.07) is 0. The first kappa shape index (κ1) is 11.5. The predicted octanol–water partition coefficient (Wildman–Crippen LogP) is 0.0127. The Bertz CT molecular complexity index is 151. The minimum Gasteiger partial charge on any atom is -0.350 e. The zero-order chi connectivity index (χ0) is 8.91. The molecule has 0 bridgehead atoms. The molecule has 4 N–H and O–H groups in total. The number of phosphoric acid groups is 1. The van der Waals surface area contributed by atoms with Gasteiger partial charge in [-0.25, -0.2) is 8.88 Å². The summed E-state index contributed by atoms with van der Waals surface area (Å²) in [5.74, 6) is 0. The van der Waals surface area contributed by atoms with Crippen molar-refractivity contribution in [1.82, 2.24) is 0 Å². The van der Waals surface area contributed by atoms with Gasteiger partial charge in [-0.05, 0) is 0 Å². The topological polar surface area (TPSA) is 102 Å². The van der Waals surface area contributed by atoms with E-state index in [0.29, 0.717) is 0 Å². The molecule has 0 fully saturated rings. The molecule has 0 saturated heterocycles. The lowest BCUT2D eigenvalue weighted by molar-refractivity contribution is 0.209.